The molecule has 0 bridgehead atoms. The molecule has 0 saturated heterocycles. The minimum Gasteiger partial charge on any atom is -0.496 e. The molecule has 0 atom stereocenters. The van der Waals surface area contributed by atoms with Gasteiger partial charge in [-0.15, -0.1) is 0 Å². The lowest BCUT2D eigenvalue weighted by Crippen LogP contribution is -2.26. The molecule has 6 heteroatoms. The van der Waals surface area contributed by atoms with Crippen LogP contribution < -0.4 is 9.47 Å². The van der Waals surface area contributed by atoms with Gasteiger partial charge in [0.05, 0.1) is 26.1 Å². The molecule has 1 amide bonds. The summed E-state index contributed by atoms with van der Waals surface area (Å²) < 4.78 is 12.5. The lowest BCUT2D eigenvalue weighted by molar-refractivity contribution is 0.0784. The summed E-state index contributed by atoms with van der Waals surface area (Å²) in [7, 11) is 4.93. The van der Waals surface area contributed by atoms with Gasteiger partial charge in [-0.25, -0.2) is 4.68 Å². The normalized spacial score (nSPS) is 10.5. The summed E-state index contributed by atoms with van der Waals surface area (Å²) in [6, 6.07) is 13.3. The van der Waals surface area contributed by atoms with Gasteiger partial charge in [0.25, 0.3) is 5.91 Å². The van der Waals surface area contributed by atoms with Gasteiger partial charge in [0.2, 0.25) is 0 Å². The average Bonchev–Trinajstić information content (AvgIpc) is 3.16. The number of para-hydroxylation sites is 1. The Kier molecular flexibility index (Phi) is 5.45. The highest BCUT2D eigenvalue weighted by Crippen LogP contribution is 2.30. The summed E-state index contributed by atoms with van der Waals surface area (Å²) in [5, 5.41) is 4.38. The molecule has 140 valence electrons. The first-order valence-corrected chi connectivity index (χ1v) is 8.60. The smallest absolute Gasteiger partial charge is 0.254 e. The number of hydrogen-bond acceptors (Lipinski definition) is 4. The summed E-state index contributed by atoms with van der Waals surface area (Å²) in [6.07, 6.45) is 3.70. The molecular weight excluding hydrogens is 342 g/mol. The monoisotopic (exact) mass is 365 g/mol. The highest BCUT2D eigenvalue weighted by atomic mass is 16.5. The zero-order valence-electron chi connectivity index (χ0n) is 16.0. The SMILES string of the molecule is COc1cc(C(=O)N(C)Cc2cnn(-c3ccccc3)c2)cc(OC)c1C. The Morgan fingerprint density at radius 3 is 2.33 bits per heavy atom. The maximum Gasteiger partial charge on any atom is 0.254 e. The van der Waals surface area contributed by atoms with Crippen LogP contribution in [0.1, 0.15) is 21.5 Å². The molecule has 0 fully saturated rings. The first-order chi connectivity index (χ1) is 13.0. The first-order valence-electron chi connectivity index (χ1n) is 8.60. The third-order valence-electron chi connectivity index (χ3n) is 4.42. The molecule has 0 N–H and O–H groups in total. The van der Waals surface area contributed by atoms with E-state index in [1.807, 2.05) is 43.5 Å². The van der Waals surface area contributed by atoms with Crippen molar-refractivity contribution < 1.29 is 14.3 Å². The number of carbonyl (C=O) groups is 1. The predicted molar refractivity (Wildman–Crippen MR) is 104 cm³/mol. The van der Waals surface area contributed by atoms with E-state index in [2.05, 4.69) is 5.10 Å². The second kappa shape index (κ2) is 7.95. The quantitative estimate of drug-likeness (QED) is 0.671. The zero-order valence-corrected chi connectivity index (χ0v) is 16.0. The lowest BCUT2D eigenvalue weighted by atomic mass is 10.1. The molecule has 2 aromatic carbocycles. The van der Waals surface area contributed by atoms with Crippen LogP contribution in [0.15, 0.2) is 54.9 Å². The van der Waals surface area contributed by atoms with Crippen molar-refractivity contribution in [1.82, 2.24) is 14.7 Å². The molecular formula is C21H23N3O3. The van der Waals surface area contributed by atoms with E-state index in [1.54, 1.807) is 49.2 Å². The van der Waals surface area contributed by atoms with Crippen molar-refractivity contribution in [3.63, 3.8) is 0 Å². The Bertz CT molecular complexity index is 910. The molecule has 0 spiro atoms. The summed E-state index contributed by atoms with van der Waals surface area (Å²) in [5.74, 6) is 1.14. The van der Waals surface area contributed by atoms with E-state index in [0.29, 0.717) is 23.6 Å². The Morgan fingerprint density at radius 1 is 1.11 bits per heavy atom. The maximum absolute atomic E-state index is 12.9. The van der Waals surface area contributed by atoms with Crippen molar-refractivity contribution in [2.45, 2.75) is 13.5 Å². The predicted octanol–water partition coefficient (Wildman–Crippen LogP) is 3.47. The Morgan fingerprint density at radius 2 is 1.74 bits per heavy atom. The molecule has 1 aromatic heterocycles. The van der Waals surface area contributed by atoms with Gasteiger partial charge in [0, 0.05) is 36.5 Å². The van der Waals surface area contributed by atoms with Crippen molar-refractivity contribution >= 4 is 5.91 Å². The Hall–Kier alpha value is -3.28. The Balaban J connectivity index is 1.78. The lowest BCUT2D eigenvalue weighted by Gasteiger charge is -2.18. The van der Waals surface area contributed by atoms with E-state index in [0.717, 1.165) is 16.8 Å². The van der Waals surface area contributed by atoms with Gasteiger partial charge in [-0.05, 0) is 31.2 Å². The van der Waals surface area contributed by atoms with E-state index in [-0.39, 0.29) is 5.91 Å². The number of carbonyl (C=O) groups excluding carboxylic acids is 1. The van der Waals surface area contributed by atoms with Crippen LogP contribution in [-0.2, 0) is 6.54 Å². The molecule has 6 nitrogen and oxygen atoms in total. The van der Waals surface area contributed by atoms with Crippen LogP contribution in [0.2, 0.25) is 0 Å². The second-order valence-corrected chi connectivity index (χ2v) is 6.30. The summed E-state index contributed by atoms with van der Waals surface area (Å²) >= 11 is 0. The fourth-order valence-electron chi connectivity index (χ4n) is 2.94. The van der Waals surface area contributed by atoms with Crippen molar-refractivity contribution in [1.29, 1.82) is 0 Å². The van der Waals surface area contributed by atoms with Crippen LogP contribution in [0.4, 0.5) is 0 Å². The minimum atomic E-state index is -0.112. The molecule has 0 aliphatic heterocycles. The van der Waals surface area contributed by atoms with E-state index in [1.165, 1.54) is 0 Å². The molecule has 0 unspecified atom stereocenters. The molecule has 0 aliphatic rings. The number of aromatic nitrogens is 2. The number of methoxy groups -OCH3 is 2. The minimum absolute atomic E-state index is 0.112. The third-order valence-corrected chi connectivity index (χ3v) is 4.42. The second-order valence-electron chi connectivity index (χ2n) is 6.30. The van der Waals surface area contributed by atoms with E-state index >= 15 is 0 Å². The van der Waals surface area contributed by atoms with E-state index < -0.39 is 0 Å². The number of benzene rings is 2. The van der Waals surface area contributed by atoms with E-state index in [4.69, 9.17) is 9.47 Å². The summed E-state index contributed by atoms with van der Waals surface area (Å²) in [5.41, 5.74) is 3.31. The fourth-order valence-corrected chi connectivity index (χ4v) is 2.94. The molecule has 1 heterocycles. The first kappa shape index (κ1) is 18.5. The van der Waals surface area contributed by atoms with Crippen LogP contribution in [0.3, 0.4) is 0 Å². The number of hydrogen-bond donors (Lipinski definition) is 0. The zero-order chi connectivity index (χ0) is 19.4. The molecule has 27 heavy (non-hydrogen) atoms. The summed E-state index contributed by atoms with van der Waals surface area (Å²) in [6.45, 7) is 2.35. The van der Waals surface area contributed by atoms with Crippen LogP contribution >= 0.6 is 0 Å². The van der Waals surface area contributed by atoms with Crippen LogP contribution in [-0.4, -0.2) is 41.9 Å². The van der Waals surface area contributed by atoms with Gasteiger partial charge < -0.3 is 14.4 Å². The van der Waals surface area contributed by atoms with Gasteiger partial charge in [-0.1, -0.05) is 18.2 Å². The van der Waals surface area contributed by atoms with Crippen LogP contribution in [0, 0.1) is 6.92 Å². The Labute approximate surface area is 158 Å². The topological polar surface area (TPSA) is 56.6 Å². The van der Waals surface area contributed by atoms with Gasteiger partial charge in [-0.3, -0.25) is 4.79 Å². The van der Waals surface area contributed by atoms with E-state index in [9.17, 15) is 4.79 Å². The standard InChI is InChI=1S/C21H23N3O3/c1-15-19(26-3)10-17(11-20(15)27-4)21(25)23(2)13-16-12-22-24(14-16)18-8-6-5-7-9-18/h5-12,14H,13H2,1-4H3. The fraction of sp³-hybridized carbons (Fsp3) is 0.238. The third kappa shape index (κ3) is 3.95. The van der Waals surface area contributed by atoms with Gasteiger partial charge in [0.15, 0.2) is 0 Å². The molecule has 0 saturated carbocycles. The molecule has 3 aromatic rings. The van der Waals surface area contributed by atoms with Crippen molar-refractivity contribution in [3.8, 4) is 17.2 Å². The number of nitrogens with zero attached hydrogens (tertiary/aromatic N) is 3. The average molecular weight is 365 g/mol. The molecule has 0 radical (unpaired) electrons. The van der Waals surface area contributed by atoms with Gasteiger partial charge in [0.1, 0.15) is 11.5 Å². The van der Waals surface area contributed by atoms with Crippen LogP contribution in [0.25, 0.3) is 5.69 Å². The number of ether oxygens (including phenoxy) is 2. The summed E-state index contributed by atoms with van der Waals surface area (Å²) in [4.78, 5) is 14.5. The van der Waals surface area contributed by atoms with Gasteiger partial charge >= 0.3 is 0 Å². The van der Waals surface area contributed by atoms with Crippen molar-refractivity contribution in [2.75, 3.05) is 21.3 Å². The molecule has 3 rings (SSSR count). The maximum atomic E-state index is 12.9. The molecule has 0 aliphatic carbocycles. The van der Waals surface area contributed by atoms with Gasteiger partial charge in [-0.2, -0.15) is 5.10 Å². The van der Waals surface area contributed by atoms with Crippen molar-refractivity contribution in [3.05, 3.63) is 71.5 Å². The van der Waals surface area contributed by atoms with Crippen molar-refractivity contribution in [2.24, 2.45) is 0 Å². The highest BCUT2D eigenvalue weighted by molar-refractivity contribution is 5.95. The largest absolute Gasteiger partial charge is 0.496 e. The number of rotatable bonds is 6. The highest BCUT2D eigenvalue weighted by Gasteiger charge is 2.17. The number of amides is 1. The van der Waals surface area contributed by atoms with Crippen LogP contribution in [0.5, 0.6) is 11.5 Å².